The molecule has 2 aliphatic rings. The maximum atomic E-state index is 11.8. The van der Waals surface area contributed by atoms with Crippen LogP contribution in [0.3, 0.4) is 0 Å². The Balaban J connectivity index is 2.06. The second kappa shape index (κ2) is 4.40. The standard InChI is InChI=1S/C12H20N4O2S/c1-3-16-12-11(9(2)14-16)13-5-4-10-8-19(17,18)7-6-15(10)12/h10,13H,3-8H2,1-2H3. The largest absolute Gasteiger partial charge is 0.380 e. The molecule has 7 heteroatoms. The van der Waals surface area contributed by atoms with Crippen molar-refractivity contribution < 1.29 is 8.42 Å². The summed E-state index contributed by atoms with van der Waals surface area (Å²) in [5, 5.41) is 7.95. The number of anilines is 2. The lowest BCUT2D eigenvalue weighted by molar-refractivity contribution is 0.534. The van der Waals surface area contributed by atoms with Gasteiger partial charge in [-0.3, -0.25) is 0 Å². The molecule has 1 N–H and O–H groups in total. The molecule has 1 fully saturated rings. The Bertz CT molecular complexity index is 593. The second-order valence-corrected chi connectivity index (χ2v) is 7.51. The summed E-state index contributed by atoms with van der Waals surface area (Å²) in [5.74, 6) is 1.58. The Morgan fingerprint density at radius 1 is 1.47 bits per heavy atom. The number of hydrogen-bond donors (Lipinski definition) is 1. The van der Waals surface area contributed by atoms with Gasteiger partial charge in [-0.2, -0.15) is 5.10 Å². The third-order valence-electron chi connectivity index (χ3n) is 3.98. The number of nitrogens with one attached hydrogen (secondary N) is 1. The Morgan fingerprint density at radius 2 is 2.26 bits per heavy atom. The van der Waals surface area contributed by atoms with E-state index in [1.165, 1.54) is 0 Å². The summed E-state index contributed by atoms with van der Waals surface area (Å²) in [5.41, 5.74) is 2.06. The fourth-order valence-electron chi connectivity index (χ4n) is 3.06. The minimum atomic E-state index is -2.88. The highest BCUT2D eigenvalue weighted by molar-refractivity contribution is 7.91. The van der Waals surface area contributed by atoms with E-state index in [0.717, 1.165) is 36.7 Å². The van der Waals surface area contributed by atoms with Crippen LogP contribution >= 0.6 is 0 Å². The molecule has 3 rings (SSSR count). The quantitative estimate of drug-likeness (QED) is 0.819. The number of nitrogens with zero attached hydrogens (tertiary/aromatic N) is 3. The average molecular weight is 284 g/mol. The Morgan fingerprint density at radius 3 is 3.00 bits per heavy atom. The molecule has 3 heterocycles. The molecular formula is C12H20N4O2S. The van der Waals surface area contributed by atoms with E-state index in [1.807, 2.05) is 11.6 Å². The summed E-state index contributed by atoms with van der Waals surface area (Å²) in [6, 6.07) is 0.0777. The Hall–Kier alpha value is -1.24. The predicted octanol–water partition coefficient (Wildman–Crippen LogP) is 0.630. The lowest BCUT2D eigenvalue weighted by Gasteiger charge is -2.35. The van der Waals surface area contributed by atoms with Crippen molar-refractivity contribution in [3.05, 3.63) is 5.69 Å². The molecule has 0 bridgehead atoms. The van der Waals surface area contributed by atoms with Crippen molar-refractivity contribution in [2.24, 2.45) is 0 Å². The van der Waals surface area contributed by atoms with Gasteiger partial charge >= 0.3 is 0 Å². The first-order valence-corrected chi connectivity index (χ1v) is 8.62. The summed E-state index contributed by atoms with van der Waals surface area (Å²) < 4.78 is 25.6. The number of hydrogen-bond acceptors (Lipinski definition) is 5. The van der Waals surface area contributed by atoms with E-state index in [9.17, 15) is 8.42 Å². The molecule has 0 saturated carbocycles. The van der Waals surface area contributed by atoms with E-state index in [1.54, 1.807) is 0 Å². The number of rotatable bonds is 1. The maximum Gasteiger partial charge on any atom is 0.154 e. The van der Waals surface area contributed by atoms with Crippen molar-refractivity contribution in [1.29, 1.82) is 0 Å². The summed E-state index contributed by atoms with van der Waals surface area (Å²) in [6.07, 6.45) is 0.858. The molecule has 1 atom stereocenters. The zero-order valence-electron chi connectivity index (χ0n) is 11.4. The smallest absolute Gasteiger partial charge is 0.154 e. The van der Waals surface area contributed by atoms with Crippen molar-refractivity contribution in [3.63, 3.8) is 0 Å². The van der Waals surface area contributed by atoms with E-state index in [2.05, 4.69) is 22.2 Å². The molecular weight excluding hydrogens is 264 g/mol. The van der Waals surface area contributed by atoms with Crippen LogP contribution in [0.2, 0.25) is 0 Å². The van der Waals surface area contributed by atoms with Gasteiger partial charge in [-0.1, -0.05) is 0 Å². The molecule has 0 aromatic carbocycles. The second-order valence-electron chi connectivity index (χ2n) is 5.28. The third-order valence-corrected chi connectivity index (χ3v) is 5.68. The molecule has 1 aromatic rings. The third kappa shape index (κ3) is 2.09. The van der Waals surface area contributed by atoms with Gasteiger partial charge in [0.25, 0.3) is 0 Å². The van der Waals surface area contributed by atoms with Crippen molar-refractivity contribution in [2.45, 2.75) is 32.9 Å². The van der Waals surface area contributed by atoms with Crippen molar-refractivity contribution in [2.75, 3.05) is 34.8 Å². The molecule has 0 radical (unpaired) electrons. The van der Waals surface area contributed by atoms with Crippen molar-refractivity contribution in [3.8, 4) is 0 Å². The van der Waals surface area contributed by atoms with E-state index in [0.29, 0.717) is 6.54 Å². The van der Waals surface area contributed by atoms with Crippen LogP contribution < -0.4 is 10.2 Å². The van der Waals surface area contributed by atoms with Crippen LogP contribution in [0.25, 0.3) is 0 Å². The van der Waals surface area contributed by atoms with Crippen LogP contribution in [0, 0.1) is 6.92 Å². The Labute approximate surface area is 113 Å². The van der Waals surface area contributed by atoms with E-state index in [4.69, 9.17) is 0 Å². The predicted molar refractivity (Wildman–Crippen MR) is 75.5 cm³/mol. The van der Waals surface area contributed by atoms with Crippen LogP contribution in [0.4, 0.5) is 11.5 Å². The average Bonchev–Trinajstić information content (AvgIpc) is 2.55. The topological polar surface area (TPSA) is 67.2 Å². The molecule has 0 aliphatic carbocycles. The summed E-state index contributed by atoms with van der Waals surface area (Å²) in [7, 11) is -2.88. The lowest BCUT2D eigenvalue weighted by Crippen LogP contribution is -2.49. The van der Waals surface area contributed by atoms with Gasteiger partial charge < -0.3 is 10.2 Å². The van der Waals surface area contributed by atoms with Gasteiger partial charge in [-0.05, 0) is 20.3 Å². The van der Waals surface area contributed by atoms with Crippen molar-refractivity contribution in [1.82, 2.24) is 9.78 Å². The Kier molecular flexibility index (Phi) is 2.96. The molecule has 6 nitrogen and oxygen atoms in total. The molecule has 0 spiro atoms. The first kappa shape index (κ1) is 12.8. The molecule has 1 unspecified atom stereocenters. The van der Waals surface area contributed by atoms with Crippen molar-refractivity contribution >= 4 is 21.3 Å². The summed E-state index contributed by atoms with van der Waals surface area (Å²) in [4.78, 5) is 2.24. The van der Waals surface area contributed by atoms with Gasteiger partial charge in [0, 0.05) is 25.7 Å². The molecule has 106 valence electrons. The zero-order chi connectivity index (χ0) is 13.6. The van der Waals surface area contributed by atoms with E-state index in [-0.39, 0.29) is 17.5 Å². The van der Waals surface area contributed by atoms with Gasteiger partial charge in [0.15, 0.2) is 15.7 Å². The molecule has 19 heavy (non-hydrogen) atoms. The normalized spacial score (nSPS) is 25.2. The van der Waals surface area contributed by atoms with E-state index >= 15 is 0 Å². The first-order chi connectivity index (χ1) is 9.02. The summed E-state index contributed by atoms with van der Waals surface area (Å²) in [6.45, 7) is 6.24. The SMILES string of the molecule is CCn1nc(C)c2c1N1CCS(=O)(=O)CC1CCN2. The number of fused-ring (bicyclic) bond motifs is 3. The van der Waals surface area contributed by atoms with Crippen LogP contribution in [-0.2, 0) is 16.4 Å². The number of aromatic nitrogens is 2. The van der Waals surface area contributed by atoms with Crippen LogP contribution in [-0.4, -0.2) is 48.8 Å². The van der Waals surface area contributed by atoms with Crippen LogP contribution in [0.5, 0.6) is 0 Å². The van der Waals surface area contributed by atoms with Gasteiger partial charge in [-0.15, -0.1) is 0 Å². The van der Waals surface area contributed by atoms with E-state index < -0.39 is 9.84 Å². The minimum absolute atomic E-state index is 0.0777. The fraction of sp³-hybridized carbons (Fsp3) is 0.750. The van der Waals surface area contributed by atoms with Gasteiger partial charge in [0.05, 0.1) is 17.2 Å². The molecule has 2 aliphatic heterocycles. The van der Waals surface area contributed by atoms with Crippen LogP contribution in [0.1, 0.15) is 19.0 Å². The monoisotopic (exact) mass is 284 g/mol. The number of aryl methyl sites for hydroxylation is 2. The highest BCUT2D eigenvalue weighted by Crippen LogP contribution is 2.35. The van der Waals surface area contributed by atoms with Gasteiger partial charge in [0.1, 0.15) is 5.69 Å². The molecule has 1 aromatic heterocycles. The highest BCUT2D eigenvalue weighted by atomic mass is 32.2. The fourth-order valence-corrected chi connectivity index (χ4v) is 4.63. The highest BCUT2D eigenvalue weighted by Gasteiger charge is 2.36. The molecule has 0 amide bonds. The first-order valence-electron chi connectivity index (χ1n) is 6.80. The molecule has 1 saturated heterocycles. The maximum absolute atomic E-state index is 11.8. The van der Waals surface area contributed by atoms with Gasteiger partial charge in [-0.25, -0.2) is 13.1 Å². The zero-order valence-corrected chi connectivity index (χ0v) is 12.2. The van der Waals surface area contributed by atoms with Crippen LogP contribution in [0.15, 0.2) is 0 Å². The number of sulfone groups is 1. The summed E-state index contributed by atoms with van der Waals surface area (Å²) >= 11 is 0. The lowest BCUT2D eigenvalue weighted by atomic mass is 10.2. The van der Waals surface area contributed by atoms with Gasteiger partial charge in [0.2, 0.25) is 0 Å². The minimum Gasteiger partial charge on any atom is -0.380 e.